The van der Waals surface area contributed by atoms with Gasteiger partial charge in [-0.15, -0.1) is 0 Å². The molecule has 0 atom stereocenters. The van der Waals surface area contributed by atoms with Gasteiger partial charge in [0.2, 0.25) is 0 Å². The number of hydrogen-bond donors (Lipinski definition) is 2. The normalized spacial score (nSPS) is 11.7. The molecule has 7 nitrogen and oxygen atoms in total. The number of benzene rings is 1. The van der Waals surface area contributed by atoms with Crippen LogP contribution in [0.15, 0.2) is 23.4 Å². The Balaban J connectivity index is 3.35. The number of anilines is 1. The molecule has 1 rings (SSSR count). The monoisotopic (exact) mass is 280 g/mol. The zero-order chi connectivity index (χ0) is 15.3. The molecule has 0 fully saturated rings. The van der Waals surface area contributed by atoms with Crippen molar-refractivity contribution < 1.29 is 10.1 Å². The molecule has 0 saturated carbocycles. The van der Waals surface area contributed by atoms with Gasteiger partial charge in [0.05, 0.1) is 10.5 Å². The molecular formula is C13H20N4O3. The van der Waals surface area contributed by atoms with Gasteiger partial charge in [0.15, 0.2) is 5.84 Å². The quantitative estimate of drug-likeness (QED) is 0.273. The third-order valence-corrected chi connectivity index (χ3v) is 3.44. The van der Waals surface area contributed by atoms with Crippen LogP contribution in [0.5, 0.6) is 0 Å². The van der Waals surface area contributed by atoms with Gasteiger partial charge in [-0.3, -0.25) is 10.1 Å². The van der Waals surface area contributed by atoms with Crippen LogP contribution in [0.1, 0.15) is 32.3 Å². The first-order valence-electron chi connectivity index (χ1n) is 6.45. The van der Waals surface area contributed by atoms with E-state index in [0.29, 0.717) is 11.3 Å². The Kier molecular flexibility index (Phi) is 5.31. The van der Waals surface area contributed by atoms with Crippen molar-refractivity contribution in [1.29, 1.82) is 0 Å². The second-order valence-corrected chi connectivity index (χ2v) is 4.53. The Labute approximate surface area is 117 Å². The van der Waals surface area contributed by atoms with Crippen molar-refractivity contribution >= 4 is 17.2 Å². The Hall–Kier alpha value is -2.31. The fourth-order valence-electron chi connectivity index (χ4n) is 2.24. The number of nitro benzene ring substituents is 1. The number of amidine groups is 1. The predicted molar refractivity (Wildman–Crippen MR) is 78.4 cm³/mol. The summed E-state index contributed by atoms with van der Waals surface area (Å²) < 4.78 is 0. The molecule has 1 aromatic carbocycles. The maximum absolute atomic E-state index is 10.8. The first kappa shape index (κ1) is 15.7. The smallest absolute Gasteiger partial charge is 0.270 e. The minimum absolute atomic E-state index is 0.0895. The fraction of sp³-hybridized carbons (Fsp3) is 0.462. The average molecular weight is 280 g/mol. The van der Waals surface area contributed by atoms with E-state index in [1.807, 2.05) is 11.9 Å². The van der Waals surface area contributed by atoms with E-state index in [1.54, 1.807) is 6.07 Å². The van der Waals surface area contributed by atoms with E-state index in [-0.39, 0.29) is 17.6 Å². The third kappa shape index (κ3) is 3.17. The number of nitrogens with two attached hydrogens (primary N) is 1. The second-order valence-electron chi connectivity index (χ2n) is 4.53. The lowest BCUT2D eigenvalue weighted by Crippen LogP contribution is -2.32. The molecule has 0 bridgehead atoms. The van der Waals surface area contributed by atoms with E-state index in [4.69, 9.17) is 10.9 Å². The first-order chi connectivity index (χ1) is 9.46. The minimum atomic E-state index is -0.505. The van der Waals surface area contributed by atoms with Gasteiger partial charge < -0.3 is 15.8 Å². The molecule has 0 radical (unpaired) electrons. The van der Waals surface area contributed by atoms with Gasteiger partial charge in [-0.2, -0.15) is 0 Å². The van der Waals surface area contributed by atoms with Gasteiger partial charge in [0.1, 0.15) is 0 Å². The third-order valence-electron chi connectivity index (χ3n) is 3.44. The fourth-order valence-corrected chi connectivity index (χ4v) is 2.24. The summed E-state index contributed by atoms with van der Waals surface area (Å²) in [5.41, 5.74) is 6.61. The molecule has 110 valence electrons. The van der Waals surface area contributed by atoms with E-state index in [1.165, 1.54) is 12.1 Å². The summed E-state index contributed by atoms with van der Waals surface area (Å²) in [6.45, 7) is 4.14. The van der Waals surface area contributed by atoms with Crippen LogP contribution in [0.3, 0.4) is 0 Å². The summed E-state index contributed by atoms with van der Waals surface area (Å²) in [4.78, 5) is 12.3. The highest BCUT2D eigenvalue weighted by molar-refractivity contribution is 6.02. The molecule has 0 unspecified atom stereocenters. The van der Waals surface area contributed by atoms with Crippen molar-refractivity contribution in [2.75, 3.05) is 11.9 Å². The topological polar surface area (TPSA) is 105 Å². The van der Waals surface area contributed by atoms with Gasteiger partial charge >= 0.3 is 0 Å². The summed E-state index contributed by atoms with van der Waals surface area (Å²) in [6.07, 6.45) is 1.86. The number of nitro groups is 1. The lowest BCUT2D eigenvalue weighted by atomic mass is 10.1. The van der Waals surface area contributed by atoms with Crippen molar-refractivity contribution in [3.63, 3.8) is 0 Å². The van der Waals surface area contributed by atoms with Gasteiger partial charge in [-0.25, -0.2) is 0 Å². The minimum Gasteiger partial charge on any atom is -0.409 e. The van der Waals surface area contributed by atoms with Gasteiger partial charge in [0, 0.05) is 30.9 Å². The first-order valence-corrected chi connectivity index (χ1v) is 6.45. The zero-order valence-electron chi connectivity index (χ0n) is 11.9. The SMILES string of the molecule is CCC(CC)N(C)c1ccc([N+](=O)[O-])cc1C(N)=NO. The summed E-state index contributed by atoms with van der Waals surface area (Å²) in [6, 6.07) is 4.65. The van der Waals surface area contributed by atoms with Crippen molar-refractivity contribution in [1.82, 2.24) is 0 Å². The van der Waals surface area contributed by atoms with Crippen molar-refractivity contribution in [3.8, 4) is 0 Å². The zero-order valence-corrected chi connectivity index (χ0v) is 11.9. The van der Waals surface area contributed by atoms with Crippen LogP contribution in [-0.4, -0.2) is 29.1 Å². The summed E-state index contributed by atoms with van der Waals surface area (Å²) in [5.74, 6) is -0.137. The molecule has 0 amide bonds. The molecule has 0 aliphatic heterocycles. The Morgan fingerprint density at radius 2 is 2.10 bits per heavy atom. The molecular weight excluding hydrogens is 260 g/mol. The summed E-state index contributed by atoms with van der Waals surface area (Å²) in [5, 5.41) is 22.7. The van der Waals surface area contributed by atoms with Crippen molar-refractivity contribution in [2.45, 2.75) is 32.7 Å². The molecule has 3 N–H and O–H groups in total. The summed E-state index contributed by atoms with van der Waals surface area (Å²) >= 11 is 0. The van der Waals surface area contributed by atoms with Crippen LogP contribution in [0.2, 0.25) is 0 Å². The number of hydrogen-bond acceptors (Lipinski definition) is 5. The number of nitrogens with zero attached hydrogens (tertiary/aromatic N) is 3. The largest absolute Gasteiger partial charge is 0.409 e. The maximum Gasteiger partial charge on any atom is 0.270 e. The predicted octanol–water partition coefficient (Wildman–Crippen LogP) is 2.31. The highest BCUT2D eigenvalue weighted by atomic mass is 16.6. The molecule has 1 aromatic rings. The average Bonchev–Trinajstić information content (AvgIpc) is 2.46. The molecule has 0 heterocycles. The number of oxime groups is 1. The highest BCUT2D eigenvalue weighted by Crippen LogP contribution is 2.27. The molecule has 20 heavy (non-hydrogen) atoms. The van der Waals surface area contributed by atoms with E-state index in [2.05, 4.69) is 19.0 Å². The van der Waals surface area contributed by atoms with Gasteiger partial charge in [-0.1, -0.05) is 19.0 Å². The standard InChI is InChI=1S/C13H20N4O3/c1-4-9(5-2)16(3)12-7-6-10(17(19)20)8-11(12)13(14)15-18/h6-9,18H,4-5H2,1-3H3,(H2,14,15). The van der Waals surface area contributed by atoms with Gasteiger partial charge in [-0.05, 0) is 18.9 Å². The van der Waals surface area contributed by atoms with Crippen LogP contribution in [0, 0.1) is 10.1 Å². The van der Waals surface area contributed by atoms with Crippen LogP contribution in [0.25, 0.3) is 0 Å². The van der Waals surface area contributed by atoms with Crippen LogP contribution in [0.4, 0.5) is 11.4 Å². The molecule has 0 aliphatic rings. The molecule has 7 heteroatoms. The lowest BCUT2D eigenvalue weighted by Gasteiger charge is -2.30. The van der Waals surface area contributed by atoms with Crippen LogP contribution >= 0.6 is 0 Å². The summed E-state index contributed by atoms with van der Waals surface area (Å²) in [7, 11) is 1.90. The van der Waals surface area contributed by atoms with Crippen LogP contribution < -0.4 is 10.6 Å². The molecule has 0 aliphatic carbocycles. The van der Waals surface area contributed by atoms with E-state index < -0.39 is 4.92 Å². The van der Waals surface area contributed by atoms with Crippen molar-refractivity contribution in [3.05, 3.63) is 33.9 Å². The highest BCUT2D eigenvalue weighted by Gasteiger charge is 2.19. The van der Waals surface area contributed by atoms with E-state index in [9.17, 15) is 10.1 Å². The number of rotatable bonds is 6. The van der Waals surface area contributed by atoms with Crippen LogP contribution in [-0.2, 0) is 0 Å². The Bertz CT molecular complexity index is 512. The lowest BCUT2D eigenvalue weighted by molar-refractivity contribution is -0.384. The van der Waals surface area contributed by atoms with Crippen molar-refractivity contribution in [2.24, 2.45) is 10.9 Å². The molecule has 0 aromatic heterocycles. The van der Waals surface area contributed by atoms with Gasteiger partial charge in [0.25, 0.3) is 5.69 Å². The van der Waals surface area contributed by atoms with E-state index >= 15 is 0 Å². The second kappa shape index (κ2) is 6.74. The maximum atomic E-state index is 10.8. The molecule has 0 spiro atoms. The number of non-ortho nitro benzene ring substituents is 1. The Morgan fingerprint density at radius 1 is 1.50 bits per heavy atom. The Morgan fingerprint density at radius 3 is 2.55 bits per heavy atom. The molecule has 0 saturated heterocycles. The van der Waals surface area contributed by atoms with E-state index in [0.717, 1.165) is 12.8 Å².